The fourth-order valence-electron chi connectivity index (χ4n) is 9.64. The SMILES string of the molecule is CCCCCCCCCCCCN(C(=O)N1N=NC2CCCCC21)C1CCCC2C(O)C(C(=O)NC3CCCCC3OC)CCC21. The highest BCUT2D eigenvalue weighted by Crippen LogP contribution is 2.46. The molecule has 0 spiro atoms. The Morgan fingerprint density at radius 2 is 1.50 bits per heavy atom. The van der Waals surface area contributed by atoms with Gasteiger partial charge in [-0.05, 0) is 69.6 Å². The lowest BCUT2D eigenvalue weighted by atomic mass is 9.63. The summed E-state index contributed by atoms with van der Waals surface area (Å²) in [5, 5.41) is 25.7. The van der Waals surface area contributed by atoms with Crippen molar-refractivity contribution in [2.75, 3.05) is 13.7 Å². The number of rotatable bonds is 15. The van der Waals surface area contributed by atoms with Crippen LogP contribution in [-0.2, 0) is 9.53 Å². The normalized spacial score (nSPS) is 34.2. The molecule has 0 aromatic carbocycles. The third-order valence-corrected chi connectivity index (χ3v) is 12.3. The van der Waals surface area contributed by atoms with E-state index in [1.54, 1.807) is 12.1 Å². The Kier molecular flexibility index (Phi) is 14.0. The van der Waals surface area contributed by atoms with Crippen LogP contribution in [0.2, 0.25) is 0 Å². The number of fused-ring (bicyclic) bond motifs is 2. The summed E-state index contributed by atoms with van der Waals surface area (Å²) >= 11 is 0. The number of hydrogen-bond acceptors (Lipinski definition) is 6. The molecular formula is C37H65N5O4. The van der Waals surface area contributed by atoms with Crippen LogP contribution in [0.25, 0.3) is 0 Å². The van der Waals surface area contributed by atoms with E-state index in [9.17, 15) is 14.7 Å². The Hall–Kier alpha value is -1.74. The fraction of sp³-hybridized carbons (Fsp3) is 0.946. The largest absolute Gasteiger partial charge is 0.392 e. The maximum Gasteiger partial charge on any atom is 0.342 e. The van der Waals surface area contributed by atoms with Crippen LogP contribution < -0.4 is 5.32 Å². The molecule has 0 saturated heterocycles. The molecular weight excluding hydrogens is 578 g/mol. The van der Waals surface area contributed by atoms with E-state index in [2.05, 4.69) is 27.5 Å². The van der Waals surface area contributed by atoms with Crippen molar-refractivity contribution in [3.05, 3.63) is 0 Å². The molecule has 4 saturated carbocycles. The van der Waals surface area contributed by atoms with E-state index in [1.807, 2.05) is 0 Å². The maximum atomic E-state index is 14.4. The van der Waals surface area contributed by atoms with Gasteiger partial charge >= 0.3 is 6.03 Å². The zero-order chi connectivity index (χ0) is 32.3. The van der Waals surface area contributed by atoms with Gasteiger partial charge in [0.05, 0.1) is 36.3 Å². The van der Waals surface area contributed by atoms with E-state index in [0.717, 1.165) is 96.4 Å². The molecule has 4 aliphatic carbocycles. The molecule has 0 radical (unpaired) electrons. The quantitative estimate of drug-likeness (QED) is 0.177. The molecule has 262 valence electrons. The van der Waals surface area contributed by atoms with Crippen LogP contribution in [0.1, 0.15) is 155 Å². The summed E-state index contributed by atoms with van der Waals surface area (Å²) in [6, 6.07) is 0.377. The predicted octanol–water partition coefficient (Wildman–Crippen LogP) is 7.95. The van der Waals surface area contributed by atoms with E-state index in [0.29, 0.717) is 6.42 Å². The van der Waals surface area contributed by atoms with Crippen LogP contribution in [-0.4, -0.2) is 77.0 Å². The Bertz CT molecular complexity index is 979. The van der Waals surface area contributed by atoms with Crippen LogP contribution in [0.3, 0.4) is 0 Å². The molecule has 0 bridgehead atoms. The second-order valence-electron chi connectivity index (χ2n) is 15.3. The topological polar surface area (TPSA) is 107 Å². The standard InChI is InChI=1S/C37H65N5O4/c1-3-4-5-6-7-8-9-10-11-16-26-41(37(45)42-33-21-14-12-19-30(33)39-40-42)32-22-17-18-28-27(32)24-25-29(35(28)43)36(44)38-31-20-13-15-23-34(31)46-2/h27-35,43H,3-26H2,1-2H3,(H,38,44). The number of nitrogens with one attached hydrogen (secondary N) is 1. The molecule has 46 heavy (non-hydrogen) atoms. The van der Waals surface area contributed by atoms with Gasteiger partial charge < -0.3 is 20.1 Å². The molecule has 5 aliphatic rings. The molecule has 9 nitrogen and oxygen atoms in total. The summed E-state index contributed by atoms with van der Waals surface area (Å²) in [6.45, 7) is 3.01. The highest BCUT2D eigenvalue weighted by Gasteiger charge is 2.50. The van der Waals surface area contributed by atoms with Gasteiger partial charge in [0, 0.05) is 19.7 Å². The average Bonchev–Trinajstić information content (AvgIpc) is 3.52. The van der Waals surface area contributed by atoms with Crippen molar-refractivity contribution < 1.29 is 19.4 Å². The van der Waals surface area contributed by atoms with E-state index in [1.165, 1.54) is 51.4 Å². The molecule has 9 heteroatoms. The number of carbonyl (C=O) groups excluding carboxylic acids is 2. The molecule has 9 atom stereocenters. The van der Waals surface area contributed by atoms with Crippen LogP contribution in [0.15, 0.2) is 10.3 Å². The van der Waals surface area contributed by atoms with Gasteiger partial charge in [-0.15, -0.1) is 0 Å². The lowest BCUT2D eigenvalue weighted by molar-refractivity contribution is -0.139. The minimum absolute atomic E-state index is 0.0128. The van der Waals surface area contributed by atoms with Gasteiger partial charge in [0.25, 0.3) is 0 Å². The lowest BCUT2D eigenvalue weighted by Crippen LogP contribution is -2.58. The minimum Gasteiger partial charge on any atom is -0.392 e. The number of aliphatic hydroxyl groups excluding tert-OH is 1. The van der Waals surface area contributed by atoms with Gasteiger partial charge in [-0.1, -0.05) is 102 Å². The maximum absolute atomic E-state index is 14.4. The first kappa shape index (κ1) is 35.6. The summed E-state index contributed by atoms with van der Waals surface area (Å²) in [6.07, 6.45) is 24.9. The number of aliphatic hydroxyl groups is 1. The van der Waals surface area contributed by atoms with Crippen LogP contribution in [0.4, 0.5) is 4.79 Å². The molecule has 0 aromatic heterocycles. The number of ether oxygens (including phenoxy) is 1. The van der Waals surface area contributed by atoms with E-state index >= 15 is 0 Å². The van der Waals surface area contributed by atoms with Crippen molar-refractivity contribution in [1.29, 1.82) is 0 Å². The smallest absolute Gasteiger partial charge is 0.342 e. The second-order valence-corrected chi connectivity index (χ2v) is 15.3. The first-order chi connectivity index (χ1) is 22.5. The first-order valence-corrected chi connectivity index (χ1v) is 19.5. The highest BCUT2D eigenvalue weighted by molar-refractivity contribution is 5.80. The average molecular weight is 644 g/mol. The van der Waals surface area contributed by atoms with Crippen molar-refractivity contribution >= 4 is 11.9 Å². The van der Waals surface area contributed by atoms with Crippen molar-refractivity contribution in [1.82, 2.24) is 15.2 Å². The third-order valence-electron chi connectivity index (χ3n) is 12.3. The number of urea groups is 1. The molecule has 9 unspecified atom stereocenters. The van der Waals surface area contributed by atoms with Gasteiger partial charge in [0.15, 0.2) is 0 Å². The number of methoxy groups -OCH3 is 1. The Morgan fingerprint density at radius 3 is 2.26 bits per heavy atom. The summed E-state index contributed by atoms with van der Waals surface area (Å²) in [4.78, 5) is 30.0. The van der Waals surface area contributed by atoms with Crippen molar-refractivity contribution in [3.63, 3.8) is 0 Å². The number of unbranched alkanes of at least 4 members (excludes halogenated alkanes) is 9. The van der Waals surface area contributed by atoms with Gasteiger partial charge in [0.1, 0.15) is 0 Å². The second kappa shape index (κ2) is 18.1. The zero-order valence-electron chi connectivity index (χ0n) is 29.1. The predicted molar refractivity (Wildman–Crippen MR) is 181 cm³/mol. The summed E-state index contributed by atoms with van der Waals surface area (Å²) < 4.78 is 5.69. The highest BCUT2D eigenvalue weighted by atomic mass is 16.5. The Balaban J connectivity index is 1.20. The molecule has 2 N–H and O–H groups in total. The van der Waals surface area contributed by atoms with Crippen LogP contribution in [0.5, 0.6) is 0 Å². The van der Waals surface area contributed by atoms with Crippen LogP contribution in [0, 0.1) is 17.8 Å². The molecule has 4 fully saturated rings. The van der Waals surface area contributed by atoms with Gasteiger partial charge in [0.2, 0.25) is 5.91 Å². The molecule has 1 heterocycles. The number of amides is 3. The van der Waals surface area contributed by atoms with Gasteiger partial charge in [-0.3, -0.25) is 4.79 Å². The zero-order valence-corrected chi connectivity index (χ0v) is 29.1. The fourth-order valence-corrected chi connectivity index (χ4v) is 9.64. The van der Waals surface area contributed by atoms with E-state index < -0.39 is 6.10 Å². The summed E-state index contributed by atoms with van der Waals surface area (Å²) in [7, 11) is 1.73. The summed E-state index contributed by atoms with van der Waals surface area (Å²) in [5.41, 5.74) is 0. The van der Waals surface area contributed by atoms with Gasteiger partial charge in [-0.25, -0.2) is 4.79 Å². The van der Waals surface area contributed by atoms with E-state index in [4.69, 9.17) is 4.74 Å². The molecule has 1 aliphatic heterocycles. The monoisotopic (exact) mass is 644 g/mol. The number of hydrogen-bond donors (Lipinski definition) is 2. The third kappa shape index (κ3) is 8.83. The first-order valence-electron chi connectivity index (χ1n) is 19.5. The summed E-state index contributed by atoms with van der Waals surface area (Å²) in [5.74, 6) is -0.150. The van der Waals surface area contributed by atoms with E-state index in [-0.39, 0.29) is 60.0 Å². The Morgan fingerprint density at radius 1 is 0.804 bits per heavy atom. The van der Waals surface area contributed by atoms with Crippen molar-refractivity contribution in [2.24, 2.45) is 28.1 Å². The van der Waals surface area contributed by atoms with Crippen LogP contribution >= 0.6 is 0 Å². The molecule has 3 amide bonds. The van der Waals surface area contributed by atoms with Gasteiger partial charge in [-0.2, -0.15) is 10.1 Å². The van der Waals surface area contributed by atoms with Crippen molar-refractivity contribution in [2.45, 2.75) is 191 Å². The lowest BCUT2D eigenvalue weighted by Gasteiger charge is -2.50. The van der Waals surface area contributed by atoms with Crippen molar-refractivity contribution in [3.8, 4) is 0 Å². The molecule has 0 aromatic rings. The Labute approximate surface area is 279 Å². The number of nitrogens with zero attached hydrogens (tertiary/aromatic N) is 4. The minimum atomic E-state index is -0.672. The molecule has 5 rings (SSSR count). The number of carbonyl (C=O) groups is 2.